The molecule has 3 fully saturated rings. The highest BCUT2D eigenvalue weighted by atomic mass is 16.3. The summed E-state index contributed by atoms with van der Waals surface area (Å²) in [5, 5.41) is 32.0. The second kappa shape index (κ2) is 5.62. The molecule has 0 bridgehead atoms. The summed E-state index contributed by atoms with van der Waals surface area (Å²) < 4.78 is 0. The van der Waals surface area contributed by atoms with E-state index in [0.29, 0.717) is 19.3 Å². The van der Waals surface area contributed by atoms with Crippen LogP contribution in [0.3, 0.4) is 0 Å². The monoisotopic (exact) mass is 374 g/mol. The van der Waals surface area contributed by atoms with Gasteiger partial charge in [-0.25, -0.2) is 0 Å². The third-order valence-corrected chi connectivity index (χ3v) is 8.82. The van der Waals surface area contributed by atoms with E-state index >= 15 is 0 Å². The average Bonchev–Trinajstić information content (AvgIpc) is 2.87. The van der Waals surface area contributed by atoms with Gasteiger partial charge in [-0.1, -0.05) is 32.4 Å². The van der Waals surface area contributed by atoms with Crippen molar-refractivity contribution >= 4 is 11.6 Å². The van der Waals surface area contributed by atoms with Gasteiger partial charge in [-0.15, -0.1) is 0 Å². The quantitative estimate of drug-likeness (QED) is 0.687. The fourth-order valence-electron chi connectivity index (χ4n) is 7.61. The molecule has 0 aromatic rings. The van der Waals surface area contributed by atoms with Crippen LogP contribution in [0.25, 0.3) is 0 Å². The van der Waals surface area contributed by atoms with Crippen LogP contribution in [0.4, 0.5) is 0 Å². The van der Waals surface area contributed by atoms with Crippen LogP contribution < -0.4 is 0 Å². The Morgan fingerprint density at radius 3 is 2.63 bits per heavy atom. The smallest absolute Gasteiger partial charge is 0.190 e. The predicted molar refractivity (Wildman–Crippen MR) is 99.7 cm³/mol. The first kappa shape index (κ1) is 19.0. The summed E-state index contributed by atoms with van der Waals surface area (Å²) in [6, 6.07) is 0. The largest absolute Gasteiger partial charge is 0.393 e. The number of hydrogen-bond donors (Lipinski definition) is 3. The molecule has 0 heterocycles. The highest BCUT2D eigenvalue weighted by molar-refractivity contribution is 6.01. The molecular weight excluding hydrogens is 344 g/mol. The Morgan fingerprint density at radius 1 is 1.26 bits per heavy atom. The molecule has 148 valence electrons. The van der Waals surface area contributed by atoms with Gasteiger partial charge in [0.15, 0.2) is 11.6 Å². The number of aliphatic hydroxyl groups excluding tert-OH is 2. The molecule has 0 aliphatic heterocycles. The highest BCUT2D eigenvalue weighted by Gasteiger charge is 2.71. The van der Waals surface area contributed by atoms with Gasteiger partial charge in [-0.05, 0) is 55.6 Å². The molecule has 3 N–H and O–H groups in total. The highest BCUT2D eigenvalue weighted by Crippen LogP contribution is 2.71. The van der Waals surface area contributed by atoms with Crippen LogP contribution >= 0.6 is 0 Å². The van der Waals surface area contributed by atoms with E-state index in [2.05, 4.69) is 13.8 Å². The number of hydrogen-bond acceptors (Lipinski definition) is 5. The minimum absolute atomic E-state index is 0.00463. The van der Waals surface area contributed by atoms with Crippen molar-refractivity contribution in [2.24, 2.45) is 28.1 Å². The van der Waals surface area contributed by atoms with E-state index in [1.54, 1.807) is 12.2 Å². The van der Waals surface area contributed by atoms with E-state index in [1.807, 2.05) is 13.0 Å². The van der Waals surface area contributed by atoms with E-state index in [9.17, 15) is 24.9 Å². The van der Waals surface area contributed by atoms with Gasteiger partial charge >= 0.3 is 0 Å². The molecule has 0 amide bonds. The number of carbonyl (C=O) groups is 2. The van der Waals surface area contributed by atoms with Crippen molar-refractivity contribution < 1.29 is 24.9 Å². The van der Waals surface area contributed by atoms with Gasteiger partial charge in [-0.3, -0.25) is 9.59 Å². The first-order valence-corrected chi connectivity index (χ1v) is 10.0. The lowest BCUT2D eigenvalue weighted by atomic mass is 9.40. The summed E-state index contributed by atoms with van der Waals surface area (Å²) in [7, 11) is 0. The van der Waals surface area contributed by atoms with Crippen molar-refractivity contribution in [3.63, 3.8) is 0 Å². The Kier molecular flexibility index (Phi) is 3.96. The van der Waals surface area contributed by atoms with Gasteiger partial charge < -0.3 is 15.3 Å². The van der Waals surface area contributed by atoms with E-state index in [-0.39, 0.29) is 28.4 Å². The maximum Gasteiger partial charge on any atom is 0.190 e. The lowest BCUT2D eigenvalue weighted by Gasteiger charge is -2.64. The van der Waals surface area contributed by atoms with Gasteiger partial charge in [0.2, 0.25) is 0 Å². The number of carbonyl (C=O) groups excluding carboxylic acids is 2. The summed E-state index contributed by atoms with van der Waals surface area (Å²) >= 11 is 0. The molecule has 0 radical (unpaired) electrons. The van der Waals surface area contributed by atoms with Crippen molar-refractivity contribution in [2.75, 3.05) is 6.61 Å². The molecule has 0 aromatic heterocycles. The molecule has 0 spiro atoms. The fourth-order valence-corrected chi connectivity index (χ4v) is 7.61. The van der Waals surface area contributed by atoms with Crippen molar-refractivity contribution in [1.29, 1.82) is 0 Å². The third kappa shape index (κ3) is 2.16. The maximum absolute atomic E-state index is 12.5. The molecular formula is C22H30O5. The number of rotatable bonds is 2. The number of aliphatic hydroxyl groups is 3. The van der Waals surface area contributed by atoms with E-state index in [0.717, 1.165) is 18.4 Å². The Hall–Kier alpha value is -1.30. The Morgan fingerprint density at radius 2 is 1.96 bits per heavy atom. The van der Waals surface area contributed by atoms with Crippen LogP contribution in [0.15, 0.2) is 23.8 Å². The third-order valence-electron chi connectivity index (χ3n) is 8.82. The van der Waals surface area contributed by atoms with Crippen LogP contribution in [0.5, 0.6) is 0 Å². The standard InChI is InChI=1S/C22H30O5/c1-19-8-5-14(24)10-13(19)4-7-20(2)16-6-9-22(27,17(26)12-23)21(16,3)11-15(25)18(19)20/h5,8,10,15-16,18,23,25,27H,4,6-7,9,11-12H2,1-3H3/t15?,16-,18+,19-,20?,21-,22-/m0/s1. The molecule has 27 heavy (non-hydrogen) atoms. The zero-order valence-electron chi connectivity index (χ0n) is 16.4. The van der Waals surface area contributed by atoms with Gasteiger partial charge in [0.25, 0.3) is 0 Å². The molecule has 4 aliphatic rings. The summed E-state index contributed by atoms with van der Waals surface area (Å²) in [5.41, 5.74) is -1.91. The number of Topliss-reactive ketones (excluding diaryl/α,β-unsaturated/α-hetero) is 1. The zero-order valence-corrected chi connectivity index (χ0v) is 16.4. The fraction of sp³-hybridized carbons (Fsp3) is 0.727. The SMILES string of the molecule is CC12CCC3=CC(=O)C=C[C@]3(C)[C@H]1C(O)C[C@@]1(C)[C@H]2CC[C@]1(O)C(=O)CO. The van der Waals surface area contributed by atoms with Crippen LogP contribution in [-0.2, 0) is 9.59 Å². The molecule has 2 unspecified atom stereocenters. The number of allylic oxidation sites excluding steroid dienone is 4. The van der Waals surface area contributed by atoms with Crippen LogP contribution in [0, 0.1) is 28.1 Å². The number of ketones is 2. The summed E-state index contributed by atoms with van der Waals surface area (Å²) in [4.78, 5) is 24.3. The first-order chi connectivity index (χ1) is 12.5. The Balaban J connectivity index is 1.81. The van der Waals surface area contributed by atoms with Crippen molar-refractivity contribution in [1.82, 2.24) is 0 Å². The van der Waals surface area contributed by atoms with E-state index < -0.39 is 29.5 Å². The van der Waals surface area contributed by atoms with Crippen molar-refractivity contribution in [3.05, 3.63) is 23.8 Å². The molecule has 0 saturated heterocycles. The van der Waals surface area contributed by atoms with E-state index in [4.69, 9.17) is 0 Å². The molecule has 5 heteroatoms. The molecule has 3 saturated carbocycles. The number of fused-ring (bicyclic) bond motifs is 5. The lowest BCUT2D eigenvalue weighted by Crippen LogP contribution is -2.65. The van der Waals surface area contributed by atoms with Crippen LogP contribution in [0.2, 0.25) is 0 Å². The second-order valence-corrected chi connectivity index (χ2v) is 9.89. The van der Waals surface area contributed by atoms with Crippen LogP contribution in [0.1, 0.15) is 52.9 Å². The van der Waals surface area contributed by atoms with E-state index in [1.165, 1.54) is 0 Å². The minimum atomic E-state index is -1.59. The zero-order chi connectivity index (χ0) is 19.8. The average molecular weight is 374 g/mol. The molecule has 4 aliphatic carbocycles. The summed E-state index contributed by atoms with van der Waals surface area (Å²) in [5.74, 6) is -0.528. The van der Waals surface area contributed by atoms with Crippen LogP contribution in [-0.4, -0.2) is 45.2 Å². The van der Waals surface area contributed by atoms with Gasteiger partial charge in [0.1, 0.15) is 12.2 Å². The molecule has 5 nitrogen and oxygen atoms in total. The van der Waals surface area contributed by atoms with Crippen molar-refractivity contribution in [3.8, 4) is 0 Å². The molecule has 7 atom stereocenters. The summed E-state index contributed by atoms with van der Waals surface area (Å²) in [6.45, 7) is 5.53. The second-order valence-electron chi connectivity index (χ2n) is 9.89. The minimum Gasteiger partial charge on any atom is -0.393 e. The Bertz CT molecular complexity index is 769. The lowest BCUT2D eigenvalue weighted by molar-refractivity contribution is -0.201. The van der Waals surface area contributed by atoms with Gasteiger partial charge in [0, 0.05) is 16.7 Å². The van der Waals surface area contributed by atoms with Gasteiger partial charge in [-0.2, -0.15) is 0 Å². The Labute approximate surface area is 160 Å². The molecule has 4 rings (SSSR count). The predicted octanol–water partition coefficient (Wildman–Crippen LogP) is 1.95. The normalized spacial score (nSPS) is 51.3. The van der Waals surface area contributed by atoms with Gasteiger partial charge in [0.05, 0.1) is 6.10 Å². The topological polar surface area (TPSA) is 94.8 Å². The molecule has 0 aromatic carbocycles. The maximum atomic E-state index is 12.5. The van der Waals surface area contributed by atoms with Crippen molar-refractivity contribution in [2.45, 2.75) is 64.6 Å². The first-order valence-electron chi connectivity index (χ1n) is 10.0. The summed E-state index contributed by atoms with van der Waals surface area (Å²) in [6.07, 6.45) is 7.55.